The third kappa shape index (κ3) is 10.2. The van der Waals surface area contributed by atoms with Crippen LogP contribution in [0.25, 0.3) is 11.0 Å². The van der Waals surface area contributed by atoms with Gasteiger partial charge in [0.2, 0.25) is 33.8 Å². The number of piperidine rings is 1. The van der Waals surface area contributed by atoms with Gasteiger partial charge in [-0.3, -0.25) is 9.69 Å². The van der Waals surface area contributed by atoms with Gasteiger partial charge in [-0.05, 0) is 66.4 Å². The molecule has 302 valence electrons. The number of aromatic amines is 1. The van der Waals surface area contributed by atoms with Crippen molar-refractivity contribution in [3.63, 3.8) is 0 Å². The molecule has 19 heteroatoms. The number of fused-ring (bicyclic) bond motifs is 1. The average molecular weight is 811 g/mol. The Labute approximate surface area is 334 Å². The fraction of sp³-hybridized carbons (Fsp3) is 0.359. The summed E-state index contributed by atoms with van der Waals surface area (Å²) in [6.07, 6.45) is 2.35. The second-order valence-corrected chi connectivity index (χ2v) is 16.4. The molecule has 1 unspecified atom stereocenters. The number of carbonyl (C=O) groups excluding carboxylic acids is 1. The van der Waals surface area contributed by atoms with Gasteiger partial charge in [-0.15, -0.1) is 0 Å². The van der Waals surface area contributed by atoms with Crippen molar-refractivity contribution < 1.29 is 27.5 Å². The topological polar surface area (TPSA) is 225 Å². The number of anilines is 4. The summed E-state index contributed by atoms with van der Waals surface area (Å²) in [5, 5.41) is 28.5. The van der Waals surface area contributed by atoms with Crippen molar-refractivity contribution in [2.75, 3.05) is 61.5 Å². The van der Waals surface area contributed by atoms with Crippen LogP contribution in [-0.2, 0) is 39.1 Å². The van der Waals surface area contributed by atoms with E-state index in [4.69, 9.17) is 5.26 Å². The third-order valence-corrected chi connectivity index (χ3v) is 11.5. The first-order chi connectivity index (χ1) is 27.9. The molecule has 58 heavy (non-hydrogen) atoms. The summed E-state index contributed by atoms with van der Waals surface area (Å²) in [6, 6.07) is 19.6. The number of hydrogen-bond acceptors (Lipinski definition) is 13. The van der Waals surface area contributed by atoms with E-state index in [1.54, 1.807) is 30.3 Å². The van der Waals surface area contributed by atoms with Gasteiger partial charge in [0, 0.05) is 63.8 Å². The quantitative estimate of drug-likeness (QED) is 0.108. The van der Waals surface area contributed by atoms with Crippen LogP contribution in [0.4, 0.5) is 27.9 Å². The Balaban J connectivity index is 1.02. The first-order valence-electron chi connectivity index (χ1n) is 18.8. The van der Waals surface area contributed by atoms with Crippen LogP contribution >= 0.6 is 0 Å². The SMILES string of the molecule is CS(=O)(=O)N1CCC(C(=O)N2CCN(Cc3cccc(Nc4nc(NCc5nc6ccc(F)cc6[nH]5)nc(NC(Cc5ccc(C#N)cc5)C(=O)O)n4)c3)CC2)CC1. The normalized spacial score (nSPS) is 16.1. The van der Waals surface area contributed by atoms with Crippen LogP contribution in [0.5, 0.6) is 0 Å². The summed E-state index contributed by atoms with van der Waals surface area (Å²) < 4.78 is 39.0. The van der Waals surface area contributed by atoms with Crippen molar-refractivity contribution in [2.24, 2.45) is 5.92 Å². The number of benzene rings is 3. The molecular formula is C39H43FN12O5S. The molecule has 2 fully saturated rings. The van der Waals surface area contributed by atoms with Crippen LogP contribution in [0.2, 0.25) is 0 Å². The first-order valence-corrected chi connectivity index (χ1v) is 20.7. The molecule has 7 rings (SSSR count). The summed E-state index contributed by atoms with van der Waals surface area (Å²) in [4.78, 5) is 50.9. The number of carbonyl (C=O) groups is 2. The van der Waals surface area contributed by atoms with Crippen LogP contribution in [0.15, 0.2) is 66.7 Å². The van der Waals surface area contributed by atoms with Gasteiger partial charge in [0.15, 0.2) is 0 Å². The molecule has 2 aromatic heterocycles. The Kier molecular flexibility index (Phi) is 12.1. The highest BCUT2D eigenvalue weighted by atomic mass is 32.2. The number of rotatable bonds is 14. The van der Waals surface area contributed by atoms with Gasteiger partial charge in [-0.1, -0.05) is 24.3 Å². The number of nitriles is 1. The number of nitrogens with zero attached hydrogens (tertiary/aromatic N) is 8. The van der Waals surface area contributed by atoms with Gasteiger partial charge >= 0.3 is 5.97 Å². The number of nitrogens with one attached hydrogen (secondary N) is 4. The molecule has 5 N–H and O–H groups in total. The van der Waals surface area contributed by atoms with Crippen molar-refractivity contribution >= 4 is 56.5 Å². The number of carboxylic acids is 1. The number of aromatic nitrogens is 5. The monoisotopic (exact) mass is 810 g/mol. The van der Waals surface area contributed by atoms with Gasteiger partial charge in [0.05, 0.1) is 35.5 Å². The summed E-state index contributed by atoms with van der Waals surface area (Å²) in [6.45, 7) is 4.08. The zero-order valence-electron chi connectivity index (χ0n) is 31.7. The fourth-order valence-corrected chi connectivity index (χ4v) is 7.99. The number of hydrogen-bond donors (Lipinski definition) is 5. The highest BCUT2D eigenvalue weighted by Crippen LogP contribution is 2.24. The van der Waals surface area contributed by atoms with Crippen LogP contribution in [0.3, 0.4) is 0 Å². The van der Waals surface area contributed by atoms with Crippen molar-refractivity contribution in [3.05, 3.63) is 95.1 Å². The molecule has 0 saturated carbocycles. The Morgan fingerprint density at radius 2 is 1.66 bits per heavy atom. The Bertz CT molecular complexity index is 2430. The zero-order valence-corrected chi connectivity index (χ0v) is 32.5. The maximum Gasteiger partial charge on any atom is 0.326 e. The second kappa shape index (κ2) is 17.5. The minimum atomic E-state index is -3.25. The Morgan fingerprint density at radius 3 is 2.36 bits per heavy atom. The lowest BCUT2D eigenvalue weighted by Gasteiger charge is -2.38. The lowest BCUT2D eigenvalue weighted by atomic mass is 9.96. The molecule has 4 heterocycles. The van der Waals surface area contributed by atoms with Crippen LogP contribution in [0.1, 0.15) is 35.4 Å². The zero-order chi connectivity index (χ0) is 40.8. The highest BCUT2D eigenvalue weighted by Gasteiger charge is 2.32. The van der Waals surface area contributed by atoms with E-state index < -0.39 is 27.9 Å². The number of sulfonamides is 1. The van der Waals surface area contributed by atoms with Crippen LogP contribution in [0, 0.1) is 23.1 Å². The average Bonchev–Trinajstić information content (AvgIpc) is 3.62. The number of amides is 1. The predicted octanol–water partition coefficient (Wildman–Crippen LogP) is 3.54. The largest absolute Gasteiger partial charge is 0.480 e. The number of H-pyrrole nitrogens is 1. The number of aliphatic carboxylic acids is 1. The maximum absolute atomic E-state index is 13.8. The van der Waals surface area contributed by atoms with E-state index in [1.807, 2.05) is 29.2 Å². The van der Waals surface area contributed by atoms with Gasteiger partial charge in [0.1, 0.15) is 17.7 Å². The fourth-order valence-electron chi connectivity index (χ4n) is 7.12. The van der Waals surface area contributed by atoms with Crippen molar-refractivity contribution in [1.82, 2.24) is 39.0 Å². The molecular weight excluding hydrogens is 768 g/mol. The number of halogens is 1. The van der Waals surface area contributed by atoms with Gasteiger partial charge in [-0.25, -0.2) is 26.9 Å². The van der Waals surface area contributed by atoms with Crippen molar-refractivity contribution in [2.45, 2.75) is 38.4 Å². The number of carboxylic acid groups (broad SMARTS) is 1. The molecule has 1 atom stereocenters. The van der Waals surface area contributed by atoms with E-state index in [2.05, 4.69) is 51.8 Å². The van der Waals surface area contributed by atoms with E-state index in [-0.39, 0.29) is 42.6 Å². The number of piperazine rings is 1. The highest BCUT2D eigenvalue weighted by molar-refractivity contribution is 7.88. The lowest BCUT2D eigenvalue weighted by molar-refractivity contribution is -0.139. The summed E-state index contributed by atoms with van der Waals surface area (Å²) in [5.74, 6) is -0.830. The molecule has 3 aromatic carbocycles. The molecule has 17 nitrogen and oxygen atoms in total. The standard InChI is InChI=1S/C39H43FN12O5S/c1-58(56,57)52-13-11-28(12-14-52)35(53)51-17-15-50(16-18-51)24-27-3-2-4-30(19-27)43-38-47-37(42-23-34-44-31-10-9-29(40)21-32(31)45-34)48-39(49-38)46-33(36(54)55)20-25-5-7-26(22-41)8-6-25/h2-10,19,21,28,33H,11-18,20,23-24H2,1H3,(H,44,45)(H,54,55)(H3,42,43,46,47,48,49). The molecule has 2 aliphatic heterocycles. The van der Waals surface area contributed by atoms with Crippen LogP contribution < -0.4 is 16.0 Å². The van der Waals surface area contributed by atoms with E-state index in [9.17, 15) is 27.5 Å². The maximum atomic E-state index is 13.8. The molecule has 1 amide bonds. The molecule has 0 radical (unpaired) electrons. The summed E-state index contributed by atoms with van der Waals surface area (Å²) >= 11 is 0. The molecule has 0 bridgehead atoms. The minimum Gasteiger partial charge on any atom is -0.480 e. The predicted molar refractivity (Wildman–Crippen MR) is 214 cm³/mol. The van der Waals surface area contributed by atoms with Crippen molar-refractivity contribution in [3.8, 4) is 6.07 Å². The number of imidazole rings is 1. The van der Waals surface area contributed by atoms with E-state index in [0.29, 0.717) is 92.3 Å². The van der Waals surface area contributed by atoms with E-state index in [0.717, 1.165) is 5.56 Å². The van der Waals surface area contributed by atoms with E-state index in [1.165, 1.54) is 22.7 Å². The molecule has 5 aromatic rings. The Morgan fingerprint density at radius 1 is 0.931 bits per heavy atom. The smallest absolute Gasteiger partial charge is 0.326 e. The molecule has 0 spiro atoms. The summed E-state index contributed by atoms with van der Waals surface area (Å²) in [7, 11) is -3.25. The minimum absolute atomic E-state index is 0.00255. The summed E-state index contributed by atoms with van der Waals surface area (Å²) in [5.41, 5.74) is 3.97. The Hall–Kier alpha value is -6.23. The van der Waals surface area contributed by atoms with Gasteiger partial charge in [0.25, 0.3) is 0 Å². The lowest BCUT2D eigenvalue weighted by Crippen LogP contribution is -2.51. The first kappa shape index (κ1) is 40.0. The van der Waals surface area contributed by atoms with Crippen LogP contribution in [-0.4, -0.2) is 116 Å². The molecule has 2 saturated heterocycles. The molecule has 0 aliphatic carbocycles. The van der Waals surface area contributed by atoms with Gasteiger partial charge < -0.3 is 30.9 Å². The second-order valence-electron chi connectivity index (χ2n) is 14.4. The van der Waals surface area contributed by atoms with Gasteiger partial charge in [-0.2, -0.15) is 20.2 Å². The third-order valence-electron chi connectivity index (χ3n) is 10.2. The van der Waals surface area contributed by atoms with E-state index >= 15 is 0 Å². The molecule has 2 aliphatic rings. The van der Waals surface area contributed by atoms with Crippen molar-refractivity contribution in [1.29, 1.82) is 5.26 Å².